The van der Waals surface area contributed by atoms with E-state index in [0.717, 1.165) is 0 Å². The van der Waals surface area contributed by atoms with Crippen LogP contribution in [0.15, 0.2) is 52.0 Å². The van der Waals surface area contributed by atoms with Gasteiger partial charge >= 0.3 is 23.6 Å². The molecule has 1 heterocycles. The molecule has 30 heavy (non-hydrogen) atoms. The lowest BCUT2D eigenvalue weighted by Crippen LogP contribution is -2.41. The smallest absolute Gasteiger partial charge is 0.329 e. The van der Waals surface area contributed by atoms with Crippen molar-refractivity contribution in [1.29, 1.82) is 0 Å². The van der Waals surface area contributed by atoms with E-state index >= 15 is 0 Å². The number of hydrazone groups is 1. The molecule has 2 aromatic rings. The maximum atomic E-state index is 11.9. The monoisotopic (exact) mass is 413 g/mol. The van der Waals surface area contributed by atoms with Crippen molar-refractivity contribution in [2.45, 2.75) is 20.4 Å². The number of nitrogens with one attached hydrogen (secondary N) is 3. The number of hydrogen-bond acceptors (Lipinski definition) is 6. The van der Waals surface area contributed by atoms with Crippen LogP contribution >= 0.6 is 0 Å². The molecule has 3 N–H and O–H groups in total. The highest BCUT2D eigenvalue weighted by atomic mass is 16.3. The van der Waals surface area contributed by atoms with Crippen molar-refractivity contribution >= 4 is 35.5 Å². The molecule has 0 aliphatic heterocycles. The summed E-state index contributed by atoms with van der Waals surface area (Å²) < 4.78 is 5.42. The number of likely N-dealkylation sites (N-methyl/N-ethyl adjacent to an activating group) is 1. The molecule has 10 heteroatoms. The van der Waals surface area contributed by atoms with Crippen LogP contribution in [-0.2, 0) is 25.7 Å². The number of benzene rings is 1. The second kappa shape index (κ2) is 11.1. The standard InChI is InChI=1S/C20H23N5O5/c1-3-25(4-2)20(29)19(28)24-22-13-16-11-10-15(30-16)12-21-17(26)18(27)23-14-8-6-5-7-9-14/h5-11,13H,3-4,12H2,1-2H3,(H,21,26)(H,23,27)(H,24,28)/b22-13-. The van der Waals surface area contributed by atoms with Gasteiger partial charge in [-0.1, -0.05) is 18.2 Å². The normalized spacial score (nSPS) is 10.5. The van der Waals surface area contributed by atoms with Crippen LogP contribution in [0.5, 0.6) is 0 Å². The summed E-state index contributed by atoms with van der Waals surface area (Å²) in [6.45, 7) is 4.37. The third kappa shape index (κ3) is 6.59. The molecule has 158 valence electrons. The first-order chi connectivity index (χ1) is 14.4. The van der Waals surface area contributed by atoms with Crippen LogP contribution in [0.25, 0.3) is 0 Å². The van der Waals surface area contributed by atoms with Gasteiger partial charge in [0.15, 0.2) is 0 Å². The van der Waals surface area contributed by atoms with Crippen LogP contribution in [0.4, 0.5) is 5.69 Å². The summed E-state index contributed by atoms with van der Waals surface area (Å²) in [4.78, 5) is 48.6. The summed E-state index contributed by atoms with van der Waals surface area (Å²) in [6.07, 6.45) is 1.22. The molecule has 0 fully saturated rings. The number of hydrogen-bond donors (Lipinski definition) is 3. The molecule has 0 atom stereocenters. The maximum absolute atomic E-state index is 11.9. The van der Waals surface area contributed by atoms with Crippen LogP contribution in [0.3, 0.4) is 0 Å². The number of amides is 4. The highest BCUT2D eigenvalue weighted by Crippen LogP contribution is 2.06. The highest BCUT2D eigenvalue weighted by molar-refractivity contribution is 6.39. The Kier molecular flexibility index (Phi) is 8.30. The van der Waals surface area contributed by atoms with Crippen molar-refractivity contribution in [3.63, 3.8) is 0 Å². The fraction of sp³-hybridized carbons (Fsp3) is 0.250. The fourth-order valence-electron chi connectivity index (χ4n) is 2.37. The Hall–Kier alpha value is -3.95. The van der Waals surface area contributed by atoms with E-state index in [9.17, 15) is 19.2 Å². The summed E-state index contributed by atoms with van der Waals surface area (Å²) in [6, 6.07) is 11.7. The molecule has 0 unspecified atom stereocenters. The minimum Gasteiger partial charge on any atom is -0.458 e. The zero-order valence-corrected chi connectivity index (χ0v) is 16.7. The predicted molar refractivity (Wildman–Crippen MR) is 109 cm³/mol. The molecular formula is C20H23N5O5. The van der Waals surface area contributed by atoms with Gasteiger partial charge in [-0.05, 0) is 38.1 Å². The SMILES string of the molecule is CCN(CC)C(=O)C(=O)N/N=C\c1ccc(CNC(=O)C(=O)Nc2ccccc2)o1. The summed E-state index contributed by atoms with van der Waals surface area (Å²) in [5.74, 6) is -2.46. The van der Waals surface area contributed by atoms with E-state index in [-0.39, 0.29) is 6.54 Å². The van der Waals surface area contributed by atoms with E-state index in [2.05, 4.69) is 21.2 Å². The van der Waals surface area contributed by atoms with Crippen LogP contribution in [-0.4, -0.2) is 47.8 Å². The van der Waals surface area contributed by atoms with E-state index in [0.29, 0.717) is 30.3 Å². The topological polar surface area (TPSA) is 133 Å². The first-order valence-electron chi connectivity index (χ1n) is 9.29. The Morgan fingerprint density at radius 1 is 0.967 bits per heavy atom. The van der Waals surface area contributed by atoms with Crippen LogP contribution < -0.4 is 16.1 Å². The van der Waals surface area contributed by atoms with Gasteiger partial charge in [0.05, 0.1) is 12.8 Å². The van der Waals surface area contributed by atoms with Gasteiger partial charge in [-0.2, -0.15) is 5.10 Å². The molecule has 0 saturated carbocycles. The molecule has 0 bridgehead atoms. The number of anilines is 1. The van der Waals surface area contributed by atoms with Crippen molar-refractivity contribution in [1.82, 2.24) is 15.6 Å². The number of carbonyl (C=O) groups excluding carboxylic acids is 4. The highest BCUT2D eigenvalue weighted by Gasteiger charge is 2.18. The number of furan rings is 1. The van der Waals surface area contributed by atoms with Gasteiger partial charge in [-0.3, -0.25) is 19.2 Å². The largest absolute Gasteiger partial charge is 0.458 e. The van der Waals surface area contributed by atoms with Gasteiger partial charge in [0.2, 0.25) is 0 Å². The number of para-hydroxylation sites is 1. The van der Waals surface area contributed by atoms with E-state index in [1.54, 1.807) is 56.3 Å². The summed E-state index contributed by atoms with van der Waals surface area (Å²) in [7, 11) is 0. The lowest BCUT2D eigenvalue weighted by atomic mass is 10.3. The molecular weight excluding hydrogens is 390 g/mol. The summed E-state index contributed by atoms with van der Waals surface area (Å²) in [5.41, 5.74) is 2.64. The van der Waals surface area contributed by atoms with Crippen LogP contribution in [0.2, 0.25) is 0 Å². The Balaban J connectivity index is 1.80. The second-order valence-corrected chi connectivity index (χ2v) is 5.98. The molecule has 1 aromatic heterocycles. The van der Waals surface area contributed by atoms with Crippen molar-refractivity contribution < 1.29 is 23.6 Å². The van der Waals surface area contributed by atoms with Gasteiger partial charge in [0.25, 0.3) is 0 Å². The van der Waals surface area contributed by atoms with Crippen molar-refractivity contribution in [2.75, 3.05) is 18.4 Å². The van der Waals surface area contributed by atoms with Gasteiger partial charge in [-0.15, -0.1) is 0 Å². The predicted octanol–water partition coefficient (Wildman–Crippen LogP) is 0.853. The van der Waals surface area contributed by atoms with Crippen molar-refractivity contribution in [3.05, 3.63) is 54.0 Å². The minimum atomic E-state index is -0.849. The Morgan fingerprint density at radius 2 is 1.67 bits per heavy atom. The van der Waals surface area contributed by atoms with E-state index in [1.807, 2.05) is 0 Å². The van der Waals surface area contributed by atoms with Gasteiger partial charge in [0.1, 0.15) is 11.5 Å². The van der Waals surface area contributed by atoms with E-state index in [4.69, 9.17) is 4.42 Å². The van der Waals surface area contributed by atoms with Gasteiger partial charge < -0.3 is 20.0 Å². The average Bonchev–Trinajstić information content (AvgIpc) is 3.21. The third-order valence-electron chi connectivity index (χ3n) is 3.95. The Labute approximate surface area is 173 Å². The first kappa shape index (κ1) is 22.3. The second-order valence-electron chi connectivity index (χ2n) is 5.98. The first-order valence-corrected chi connectivity index (χ1v) is 9.29. The maximum Gasteiger partial charge on any atom is 0.329 e. The van der Waals surface area contributed by atoms with Crippen LogP contribution in [0, 0.1) is 0 Å². The van der Waals surface area contributed by atoms with Crippen LogP contribution in [0.1, 0.15) is 25.4 Å². The Morgan fingerprint density at radius 3 is 2.33 bits per heavy atom. The molecule has 0 saturated heterocycles. The van der Waals surface area contributed by atoms with E-state index in [1.165, 1.54) is 11.1 Å². The lowest BCUT2D eigenvalue weighted by molar-refractivity contribution is -0.145. The van der Waals surface area contributed by atoms with Gasteiger partial charge in [0, 0.05) is 18.8 Å². The van der Waals surface area contributed by atoms with Crippen molar-refractivity contribution in [2.24, 2.45) is 5.10 Å². The number of rotatable bonds is 7. The fourth-order valence-corrected chi connectivity index (χ4v) is 2.37. The zero-order chi connectivity index (χ0) is 21.9. The molecule has 1 aromatic carbocycles. The summed E-state index contributed by atoms with van der Waals surface area (Å²) in [5, 5.41) is 8.59. The molecule has 0 aliphatic carbocycles. The molecule has 0 radical (unpaired) electrons. The molecule has 0 aliphatic rings. The molecule has 10 nitrogen and oxygen atoms in total. The van der Waals surface area contributed by atoms with E-state index < -0.39 is 23.6 Å². The quantitative estimate of drug-likeness (QED) is 0.352. The van der Waals surface area contributed by atoms with Crippen molar-refractivity contribution in [3.8, 4) is 0 Å². The molecule has 2 rings (SSSR count). The third-order valence-corrected chi connectivity index (χ3v) is 3.95. The van der Waals surface area contributed by atoms with Gasteiger partial charge in [-0.25, -0.2) is 5.43 Å². The lowest BCUT2D eigenvalue weighted by Gasteiger charge is -2.16. The zero-order valence-electron chi connectivity index (χ0n) is 16.7. The Bertz CT molecular complexity index is 919. The molecule has 4 amide bonds. The average molecular weight is 413 g/mol. The summed E-state index contributed by atoms with van der Waals surface area (Å²) >= 11 is 0. The minimum absolute atomic E-state index is 0.0122. The number of carbonyl (C=O) groups is 4. The number of nitrogens with zero attached hydrogens (tertiary/aromatic N) is 2. The molecule has 0 spiro atoms.